The second-order valence-corrected chi connectivity index (χ2v) is 2.17. The molecular weight excluding hydrogens is 132 g/mol. The van der Waals surface area contributed by atoms with Crippen LogP contribution >= 0.6 is 0 Å². The summed E-state index contributed by atoms with van der Waals surface area (Å²) in [7, 11) is 1.57. The number of rotatable bonds is 5. The van der Waals surface area contributed by atoms with Gasteiger partial charge in [0.1, 0.15) is 6.10 Å². The standard InChI is InChI=1S/C7H16O3/c1-4-10-5-7(8)6(2)9-3/h6-8H,4-5H2,1-3H3. The van der Waals surface area contributed by atoms with Gasteiger partial charge in [0.25, 0.3) is 0 Å². The molecule has 0 aromatic rings. The lowest BCUT2D eigenvalue weighted by molar-refractivity contribution is -0.0455. The molecule has 62 valence electrons. The molecule has 2 atom stereocenters. The van der Waals surface area contributed by atoms with Gasteiger partial charge in [-0.3, -0.25) is 0 Å². The molecule has 0 aliphatic rings. The topological polar surface area (TPSA) is 38.7 Å². The Bertz CT molecular complexity index is 75.3. The smallest absolute Gasteiger partial charge is 0.103 e. The highest BCUT2D eigenvalue weighted by Crippen LogP contribution is 1.96. The van der Waals surface area contributed by atoms with Crippen molar-refractivity contribution in [1.82, 2.24) is 0 Å². The third kappa shape index (κ3) is 3.82. The van der Waals surface area contributed by atoms with Gasteiger partial charge in [0, 0.05) is 13.7 Å². The molecule has 10 heavy (non-hydrogen) atoms. The van der Waals surface area contributed by atoms with Crippen molar-refractivity contribution in [2.45, 2.75) is 26.1 Å². The molecule has 0 heterocycles. The first-order valence-corrected chi connectivity index (χ1v) is 3.51. The normalized spacial score (nSPS) is 16.8. The van der Waals surface area contributed by atoms with E-state index in [9.17, 15) is 5.11 Å². The third-order valence-corrected chi connectivity index (χ3v) is 1.41. The first-order chi connectivity index (χ1) is 4.72. The molecular formula is C7H16O3. The number of ether oxygens (including phenoxy) is 2. The Morgan fingerprint density at radius 3 is 2.50 bits per heavy atom. The molecule has 0 fully saturated rings. The van der Waals surface area contributed by atoms with Gasteiger partial charge in [0.05, 0.1) is 12.7 Å². The maximum atomic E-state index is 9.20. The molecule has 3 nitrogen and oxygen atoms in total. The van der Waals surface area contributed by atoms with E-state index in [1.165, 1.54) is 0 Å². The zero-order valence-corrected chi connectivity index (χ0v) is 6.83. The first kappa shape index (κ1) is 9.88. The van der Waals surface area contributed by atoms with Crippen LogP contribution in [0.3, 0.4) is 0 Å². The summed E-state index contributed by atoms with van der Waals surface area (Å²) in [5.41, 5.74) is 0. The molecule has 0 rings (SSSR count). The minimum Gasteiger partial charge on any atom is -0.388 e. The number of hydrogen-bond donors (Lipinski definition) is 1. The van der Waals surface area contributed by atoms with Crippen LogP contribution in [-0.2, 0) is 9.47 Å². The largest absolute Gasteiger partial charge is 0.388 e. The summed E-state index contributed by atoms with van der Waals surface area (Å²) in [4.78, 5) is 0. The van der Waals surface area contributed by atoms with Crippen LogP contribution in [0.4, 0.5) is 0 Å². The summed E-state index contributed by atoms with van der Waals surface area (Å²) in [5, 5.41) is 9.20. The number of methoxy groups -OCH3 is 1. The molecule has 0 radical (unpaired) electrons. The second-order valence-electron chi connectivity index (χ2n) is 2.17. The van der Waals surface area contributed by atoms with E-state index in [-0.39, 0.29) is 6.10 Å². The van der Waals surface area contributed by atoms with Crippen molar-refractivity contribution in [3.8, 4) is 0 Å². The SMILES string of the molecule is CCOCC(O)C(C)OC. The minimum absolute atomic E-state index is 0.147. The zero-order chi connectivity index (χ0) is 7.98. The number of hydrogen-bond acceptors (Lipinski definition) is 3. The number of aliphatic hydroxyl groups excluding tert-OH is 1. The first-order valence-electron chi connectivity index (χ1n) is 3.51. The van der Waals surface area contributed by atoms with E-state index < -0.39 is 6.10 Å². The quantitative estimate of drug-likeness (QED) is 0.614. The Morgan fingerprint density at radius 2 is 2.10 bits per heavy atom. The maximum Gasteiger partial charge on any atom is 0.103 e. The van der Waals surface area contributed by atoms with Gasteiger partial charge in [-0.15, -0.1) is 0 Å². The van der Waals surface area contributed by atoms with E-state index in [0.717, 1.165) is 0 Å². The highest BCUT2D eigenvalue weighted by molar-refractivity contribution is 4.61. The van der Waals surface area contributed by atoms with Crippen molar-refractivity contribution in [3.63, 3.8) is 0 Å². The third-order valence-electron chi connectivity index (χ3n) is 1.41. The van der Waals surface area contributed by atoms with E-state index >= 15 is 0 Å². The van der Waals surface area contributed by atoms with E-state index in [1.807, 2.05) is 13.8 Å². The van der Waals surface area contributed by atoms with Crippen LogP contribution in [0.25, 0.3) is 0 Å². The minimum atomic E-state index is -0.509. The van der Waals surface area contributed by atoms with E-state index in [2.05, 4.69) is 0 Å². The molecule has 1 N–H and O–H groups in total. The highest BCUT2D eigenvalue weighted by atomic mass is 16.5. The summed E-state index contributed by atoms with van der Waals surface area (Å²) < 4.78 is 9.87. The van der Waals surface area contributed by atoms with Crippen LogP contribution in [0.2, 0.25) is 0 Å². The predicted octanol–water partition coefficient (Wildman–Crippen LogP) is 0.419. The van der Waals surface area contributed by atoms with Crippen LogP contribution in [-0.4, -0.2) is 37.6 Å². The average molecular weight is 148 g/mol. The van der Waals surface area contributed by atoms with Gasteiger partial charge in [-0.1, -0.05) is 0 Å². The lowest BCUT2D eigenvalue weighted by atomic mass is 10.2. The van der Waals surface area contributed by atoms with Gasteiger partial charge in [-0.25, -0.2) is 0 Å². The summed E-state index contributed by atoms with van der Waals surface area (Å²) >= 11 is 0. The summed E-state index contributed by atoms with van der Waals surface area (Å²) in [6, 6.07) is 0. The molecule has 0 saturated heterocycles. The maximum absolute atomic E-state index is 9.20. The lowest BCUT2D eigenvalue weighted by Gasteiger charge is -2.16. The zero-order valence-electron chi connectivity index (χ0n) is 6.83. The monoisotopic (exact) mass is 148 g/mol. The van der Waals surface area contributed by atoms with Gasteiger partial charge in [0.2, 0.25) is 0 Å². The highest BCUT2D eigenvalue weighted by Gasteiger charge is 2.11. The van der Waals surface area contributed by atoms with Crippen molar-refractivity contribution in [1.29, 1.82) is 0 Å². The molecule has 0 bridgehead atoms. The van der Waals surface area contributed by atoms with E-state index in [1.54, 1.807) is 7.11 Å². The Morgan fingerprint density at radius 1 is 1.50 bits per heavy atom. The molecule has 0 aromatic heterocycles. The Labute approximate surface area is 62.0 Å². The van der Waals surface area contributed by atoms with Crippen LogP contribution in [0, 0.1) is 0 Å². The van der Waals surface area contributed by atoms with Gasteiger partial charge in [-0.2, -0.15) is 0 Å². The van der Waals surface area contributed by atoms with Gasteiger partial charge >= 0.3 is 0 Å². The van der Waals surface area contributed by atoms with Crippen molar-refractivity contribution >= 4 is 0 Å². The molecule has 0 aliphatic carbocycles. The fraction of sp³-hybridized carbons (Fsp3) is 1.00. The Kier molecular flexibility index (Phi) is 5.58. The molecule has 0 spiro atoms. The van der Waals surface area contributed by atoms with Crippen LogP contribution in [0.15, 0.2) is 0 Å². The summed E-state index contributed by atoms with van der Waals surface area (Å²) in [5.74, 6) is 0. The molecule has 2 unspecified atom stereocenters. The van der Waals surface area contributed by atoms with Crippen LogP contribution in [0.1, 0.15) is 13.8 Å². The molecule has 0 aromatic carbocycles. The van der Waals surface area contributed by atoms with E-state index in [0.29, 0.717) is 13.2 Å². The van der Waals surface area contributed by atoms with E-state index in [4.69, 9.17) is 9.47 Å². The van der Waals surface area contributed by atoms with Gasteiger partial charge in [0.15, 0.2) is 0 Å². The number of aliphatic hydroxyl groups is 1. The van der Waals surface area contributed by atoms with Crippen molar-refractivity contribution < 1.29 is 14.6 Å². The lowest BCUT2D eigenvalue weighted by Crippen LogP contribution is -2.29. The molecule has 0 aliphatic heterocycles. The van der Waals surface area contributed by atoms with Crippen LogP contribution < -0.4 is 0 Å². The predicted molar refractivity (Wildman–Crippen MR) is 39.0 cm³/mol. The van der Waals surface area contributed by atoms with Crippen molar-refractivity contribution in [2.75, 3.05) is 20.3 Å². The van der Waals surface area contributed by atoms with Crippen molar-refractivity contribution in [3.05, 3.63) is 0 Å². The summed E-state index contributed by atoms with van der Waals surface area (Å²) in [6.45, 7) is 4.69. The Hall–Kier alpha value is -0.120. The van der Waals surface area contributed by atoms with Gasteiger partial charge < -0.3 is 14.6 Å². The summed E-state index contributed by atoms with van der Waals surface area (Å²) in [6.07, 6.45) is -0.656. The van der Waals surface area contributed by atoms with Gasteiger partial charge in [-0.05, 0) is 13.8 Å². The van der Waals surface area contributed by atoms with Crippen molar-refractivity contribution in [2.24, 2.45) is 0 Å². The molecule has 0 amide bonds. The fourth-order valence-corrected chi connectivity index (χ4v) is 0.531. The average Bonchev–Trinajstić information content (AvgIpc) is 1.98. The molecule has 0 saturated carbocycles. The van der Waals surface area contributed by atoms with Crippen LogP contribution in [0.5, 0.6) is 0 Å². The second kappa shape index (κ2) is 5.65. The Balaban J connectivity index is 3.31. The molecule has 3 heteroatoms. The fourth-order valence-electron chi connectivity index (χ4n) is 0.531.